The lowest BCUT2D eigenvalue weighted by atomic mass is 9.93. The molecule has 2 aromatic carbocycles. The number of ether oxygens (including phenoxy) is 1. The van der Waals surface area contributed by atoms with Crippen LogP contribution in [0.4, 0.5) is 0 Å². The predicted molar refractivity (Wildman–Crippen MR) is 167 cm³/mol. The van der Waals surface area contributed by atoms with E-state index in [9.17, 15) is 14.7 Å². The number of carbonyl (C=O) groups excluding carboxylic acids is 1. The van der Waals surface area contributed by atoms with Gasteiger partial charge in [0.1, 0.15) is 6.04 Å². The van der Waals surface area contributed by atoms with Gasteiger partial charge in [0.05, 0.1) is 13.2 Å². The maximum absolute atomic E-state index is 13.1. The summed E-state index contributed by atoms with van der Waals surface area (Å²) in [6.45, 7) is 11.6. The Kier molecular flexibility index (Phi) is 17.1. The number of nitrogens with one attached hydrogen (secondary N) is 2. The van der Waals surface area contributed by atoms with Gasteiger partial charge in [0.25, 0.3) is 5.91 Å². The Bertz CT molecular complexity index is 1150. The molecule has 1 atom stereocenters. The van der Waals surface area contributed by atoms with Crippen LogP contribution in [-0.4, -0.2) is 48.6 Å². The second-order valence-electron chi connectivity index (χ2n) is 8.53. The highest BCUT2D eigenvalue weighted by Crippen LogP contribution is 2.29. The number of aryl methyl sites for hydroxylation is 2. The molecule has 0 aliphatic carbocycles. The van der Waals surface area contributed by atoms with Gasteiger partial charge >= 0.3 is 5.97 Å². The third-order valence-electron chi connectivity index (χ3n) is 5.65. The van der Waals surface area contributed by atoms with Gasteiger partial charge in [-0.25, -0.2) is 4.79 Å². The van der Waals surface area contributed by atoms with Crippen molar-refractivity contribution >= 4 is 35.0 Å². The summed E-state index contributed by atoms with van der Waals surface area (Å²) in [5.74, 6) is -0.219. The van der Waals surface area contributed by atoms with Gasteiger partial charge in [0, 0.05) is 15.3 Å². The number of amides is 1. The quantitative estimate of drug-likeness (QED) is 0.218. The Balaban J connectivity index is 0.00000116. The second-order valence-corrected chi connectivity index (χ2v) is 11.1. The maximum Gasteiger partial charge on any atom is 0.326 e. The number of benzene rings is 2. The average Bonchev–Trinajstić information content (AvgIpc) is 3.36. The molecule has 0 spiro atoms. The molecule has 0 saturated heterocycles. The monoisotopic (exact) mass is 572 g/mol. The minimum Gasteiger partial charge on any atom is -0.480 e. The van der Waals surface area contributed by atoms with Crippen molar-refractivity contribution < 1.29 is 19.4 Å². The molecule has 1 aromatic heterocycles. The minimum atomic E-state index is -1.05. The van der Waals surface area contributed by atoms with E-state index < -0.39 is 17.9 Å². The van der Waals surface area contributed by atoms with E-state index in [0.29, 0.717) is 31.7 Å². The van der Waals surface area contributed by atoms with Gasteiger partial charge in [-0.05, 0) is 92.4 Å². The maximum atomic E-state index is 13.1. The van der Waals surface area contributed by atoms with Crippen molar-refractivity contribution in [3.8, 4) is 11.1 Å². The van der Waals surface area contributed by atoms with Crippen LogP contribution >= 0.6 is 23.1 Å². The Labute approximate surface area is 242 Å². The number of hydrogen-bond donors (Lipinski definition) is 3. The molecule has 1 unspecified atom stereocenters. The van der Waals surface area contributed by atoms with Gasteiger partial charge in [-0.1, -0.05) is 51.1 Å². The van der Waals surface area contributed by atoms with Gasteiger partial charge < -0.3 is 20.5 Å². The molecule has 3 aromatic rings. The third kappa shape index (κ3) is 12.0. The molecular weight excluding hydrogens is 528 g/mol. The van der Waals surface area contributed by atoms with Crippen molar-refractivity contribution in [2.75, 3.05) is 25.6 Å². The normalized spacial score (nSPS) is 10.9. The molecule has 6 nitrogen and oxygen atoms in total. The van der Waals surface area contributed by atoms with E-state index in [2.05, 4.69) is 42.9 Å². The molecular formula is C31H44N2O4S2. The molecule has 3 rings (SSSR count). The summed E-state index contributed by atoms with van der Waals surface area (Å²) in [7, 11) is 1.75. The highest BCUT2D eigenvalue weighted by atomic mass is 32.2. The van der Waals surface area contributed by atoms with Crippen molar-refractivity contribution in [1.29, 1.82) is 0 Å². The number of carboxylic acids is 1. The molecule has 0 aliphatic rings. The van der Waals surface area contributed by atoms with Crippen molar-refractivity contribution in [3.05, 3.63) is 81.0 Å². The average molecular weight is 573 g/mol. The van der Waals surface area contributed by atoms with Crippen LogP contribution in [0.15, 0.2) is 54.6 Å². The van der Waals surface area contributed by atoms with Crippen LogP contribution in [-0.2, 0) is 22.7 Å². The van der Waals surface area contributed by atoms with Crippen molar-refractivity contribution in [3.63, 3.8) is 0 Å². The van der Waals surface area contributed by atoms with E-state index in [-0.39, 0.29) is 0 Å². The van der Waals surface area contributed by atoms with Gasteiger partial charge in [0.2, 0.25) is 0 Å². The van der Waals surface area contributed by atoms with E-state index in [4.69, 9.17) is 4.74 Å². The smallest absolute Gasteiger partial charge is 0.326 e. The summed E-state index contributed by atoms with van der Waals surface area (Å²) in [6.07, 6.45) is 2.39. The first-order chi connectivity index (χ1) is 18.8. The Hall–Kier alpha value is -2.65. The lowest BCUT2D eigenvalue weighted by Crippen LogP contribution is -2.42. The summed E-state index contributed by atoms with van der Waals surface area (Å²) >= 11 is 3.57. The van der Waals surface area contributed by atoms with Crippen molar-refractivity contribution in [1.82, 2.24) is 10.6 Å². The fourth-order valence-electron chi connectivity index (χ4n) is 3.59. The number of thioether (sulfide) groups is 1. The van der Waals surface area contributed by atoms with E-state index in [0.717, 1.165) is 22.3 Å². The highest BCUT2D eigenvalue weighted by molar-refractivity contribution is 7.98. The summed E-state index contributed by atoms with van der Waals surface area (Å²) < 4.78 is 5.91. The van der Waals surface area contributed by atoms with Crippen LogP contribution in [0, 0.1) is 13.8 Å². The predicted octanol–water partition coefficient (Wildman–Crippen LogP) is 6.94. The Morgan fingerprint density at radius 1 is 1.03 bits per heavy atom. The second kappa shape index (κ2) is 19.4. The number of aliphatic carboxylic acids is 1. The van der Waals surface area contributed by atoms with Crippen molar-refractivity contribution in [2.45, 2.75) is 60.3 Å². The first-order valence-corrected chi connectivity index (χ1v) is 15.5. The van der Waals surface area contributed by atoms with E-state index in [1.54, 1.807) is 24.5 Å². The topological polar surface area (TPSA) is 87.7 Å². The zero-order chi connectivity index (χ0) is 29.2. The Morgan fingerprint density at radius 3 is 2.28 bits per heavy atom. The molecule has 0 radical (unpaired) electrons. The summed E-state index contributed by atoms with van der Waals surface area (Å²) in [5.41, 5.74) is 4.11. The van der Waals surface area contributed by atoms with Gasteiger partial charge in [-0.2, -0.15) is 11.8 Å². The molecule has 3 N–H and O–H groups in total. The van der Waals surface area contributed by atoms with Gasteiger partial charge in [-0.15, -0.1) is 11.3 Å². The van der Waals surface area contributed by atoms with Crippen LogP contribution < -0.4 is 10.6 Å². The number of rotatable bonds is 12. The zero-order valence-electron chi connectivity index (χ0n) is 24.3. The number of hydrogen-bond acceptors (Lipinski definition) is 6. The molecule has 0 bridgehead atoms. The van der Waals surface area contributed by atoms with E-state index in [1.165, 1.54) is 15.5 Å². The van der Waals surface area contributed by atoms with Crippen LogP contribution in [0.2, 0.25) is 0 Å². The minimum absolute atomic E-state index is 0.297. The molecule has 1 amide bonds. The summed E-state index contributed by atoms with van der Waals surface area (Å²) in [4.78, 5) is 27.2. The standard InChI is InChI=1S/C26H30N2O4S.C3H8S.C2H6/c1-17-6-4-5-7-21(17)23-14-19(15-32-16-20-10-8-18(2)33-20)9-11-22(23)25(29)28-24(26(30)31)12-13-27-3;1-3-4-2;1-2/h4-11,14,24,27H,12-13,15-16H2,1-3H3,(H,28,29)(H,30,31);3H2,1-2H3;1-2H3. The zero-order valence-corrected chi connectivity index (χ0v) is 25.9. The number of carboxylic acid groups (broad SMARTS) is 1. The summed E-state index contributed by atoms with van der Waals surface area (Å²) in [6, 6.07) is 16.6. The number of carbonyl (C=O) groups is 2. The molecule has 1 heterocycles. The number of thiophene rings is 1. The van der Waals surface area contributed by atoms with Gasteiger partial charge in [-0.3, -0.25) is 4.79 Å². The molecule has 0 saturated carbocycles. The third-order valence-corrected chi connectivity index (χ3v) is 7.20. The summed E-state index contributed by atoms with van der Waals surface area (Å²) in [5, 5.41) is 15.1. The largest absolute Gasteiger partial charge is 0.480 e. The van der Waals surface area contributed by atoms with Crippen molar-refractivity contribution in [2.24, 2.45) is 0 Å². The first kappa shape index (κ1) is 34.4. The van der Waals surface area contributed by atoms with Gasteiger partial charge in [0.15, 0.2) is 0 Å². The van der Waals surface area contributed by atoms with Crippen LogP contribution in [0.5, 0.6) is 0 Å². The molecule has 214 valence electrons. The fraction of sp³-hybridized carbons (Fsp3) is 0.419. The molecule has 0 aliphatic heterocycles. The van der Waals surface area contributed by atoms with Crippen LogP contribution in [0.1, 0.15) is 58.4 Å². The van der Waals surface area contributed by atoms with E-state index in [1.807, 2.05) is 68.9 Å². The highest BCUT2D eigenvalue weighted by Gasteiger charge is 2.22. The Morgan fingerprint density at radius 2 is 1.72 bits per heavy atom. The fourth-order valence-corrected chi connectivity index (χ4v) is 4.42. The molecule has 8 heteroatoms. The molecule has 39 heavy (non-hydrogen) atoms. The molecule has 0 fully saturated rings. The van der Waals surface area contributed by atoms with Crippen LogP contribution in [0.25, 0.3) is 11.1 Å². The lowest BCUT2D eigenvalue weighted by Gasteiger charge is -2.18. The van der Waals surface area contributed by atoms with Crippen LogP contribution in [0.3, 0.4) is 0 Å². The SMILES string of the molecule is CC.CCSC.CNCCC(NC(=O)c1ccc(COCc2ccc(C)s2)cc1-c1ccccc1C)C(=O)O. The lowest BCUT2D eigenvalue weighted by molar-refractivity contribution is -0.139. The van der Waals surface area contributed by atoms with E-state index >= 15 is 0 Å². The first-order valence-electron chi connectivity index (χ1n) is 13.3.